The molecule has 0 bridgehead atoms. The van der Waals surface area contributed by atoms with Crippen LogP contribution < -0.4 is 0 Å². The van der Waals surface area contributed by atoms with Crippen LogP contribution in [0.2, 0.25) is 0 Å². The first-order chi connectivity index (χ1) is 10.6. The van der Waals surface area contributed by atoms with E-state index in [-0.39, 0.29) is 0 Å². The third-order valence-electron chi connectivity index (χ3n) is 4.12. The number of aryl methyl sites for hydroxylation is 1. The molecule has 0 radical (unpaired) electrons. The summed E-state index contributed by atoms with van der Waals surface area (Å²) < 4.78 is 1.33. The van der Waals surface area contributed by atoms with E-state index in [4.69, 9.17) is 0 Å². The lowest BCUT2D eigenvalue weighted by Gasteiger charge is -2.11. The fourth-order valence-corrected chi connectivity index (χ4v) is 3.51. The fourth-order valence-electron chi connectivity index (χ4n) is 2.74. The molecular formula is C21H20S. The van der Waals surface area contributed by atoms with Gasteiger partial charge in [-0.2, -0.15) is 0 Å². The van der Waals surface area contributed by atoms with E-state index in [0.717, 1.165) is 12.8 Å². The maximum absolute atomic E-state index is 4.27. The minimum absolute atomic E-state index is 0.947. The summed E-state index contributed by atoms with van der Waals surface area (Å²) in [7, 11) is 0. The number of hydrogen-bond acceptors (Lipinski definition) is 1. The Morgan fingerprint density at radius 1 is 0.955 bits per heavy atom. The number of rotatable bonds is 5. The molecule has 3 rings (SSSR count). The molecule has 0 saturated heterocycles. The molecule has 0 amide bonds. The summed E-state index contributed by atoms with van der Waals surface area (Å²) in [5.74, 6) is 0. The molecule has 0 unspecified atom stereocenters. The van der Waals surface area contributed by atoms with Gasteiger partial charge in [0, 0.05) is 4.70 Å². The van der Waals surface area contributed by atoms with Gasteiger partial charge in [-0.25, -0.2) is 0 Å². The number of fused-ring (bicyclic) bond motifs is 1. The lowest BCUT2D eigenvalue weighted by Crippen LogP contribution is -1.89. The molecule has 3 aromatic rings. The molecule has 0 atom stereocenters. The van der Waals surface area contributed by atoms with Crippen molar-refractivity contribution in [1.82, 2.24) is 0 Å². The molecule has 1 heterocycles. The second-order valence-electron chi connectivity index (χ2n) is 5.70. The Bertz CT molecular complexity index is 836. The first kappa shape index (κ1) is 14.8. The van der Waals surface area contributed by atoms with Crippen molar-refractivity contribution in [2.45, 2.75) is 19.8 Å². The molecule has 0 aliphatic rings. The monoisotopic (exact) mass is 304 g/mol. The average Bonchev–Trinajstić information content (AvgIpc) is 3.00. The summed E-state index contributed by atoms with van der Waals surface area (Å²) in [6.07, 6.45) is 1.90. The van der Waals surface area contributed by atoms with Gasteiger partial charge in [0.2, 0.25) is 0 Å². The van der Waals surface area contributed by atoms with E-state index in [9.17, 15) is 0 Å². The number of thiophene rings is 1. The minimum Gasteiger partial charge on any atom is -0.144 e. The van der Waals surface area contributed by atoms with Gasteiger partial charge < -0.3 is 0 Å². The van der Waals surface area contributed by atoms with Gasteiger partial charge in [0.05, 0.1) is 0 Å². The standard InChI is InChI=1S/C21H20S/c1-15(18-10-11-21-19(14-18)12-13-22-21)8-9-17(3)20-7-5-4-6-16(20)2/h4-7,10-14H,1,3,8-9H2,2H3. The van der Waals surface area contributed by atoms with Crippen molar-refractivity contribution in [3.05, 3.63) is 83.8 Å². The van der Waals surface area contributed by atoms with Crippen molar-refractivity contribution < 1.29 is 0 Å². The van der Waals surface area contributed by atoms with Gasteiger partial charge in [-0.15, -0.1) is 11.3 Å². The van der Waals surface area contributed by atoms with Crippen LogP contribution in [0.25, 0.3) is 21.2 Å². The van der Waals surface area contributed by atoms with Crippen LogP contribution in [0.3, 0.4) is 0 Å². The molecule has 110 valence electrons. The minimum atomic E-state index is 0.947. The zero-order chi connectivity index (χ0) is 15.5. The van der Waals surface area contributed by atoms with Crippen LogP contribution in [-0.4, -0.2) is 0 Å². The molecule has 2 aromatic carbocycles. The van der Waals surface area contributed by atoms with E-state index >= 15 is 0 Å². The third-order valence-corrected chi connectivity index (χ3v) is 5.01. The Kier molecular flexibility index (Phi) is 4.26. The molecule has 1 aromatic heterocycles. The van der Waals surface area contributed by atoms with Crippen LogP contribution in [0, 0.1) is 6.92 Å². The number of allylic oxidation sites excluding steroid dienone is 2. The second kappa shape index (κ2) is 6.33. The molecule has 0 nitrogen and oxygen atoms in total. The van der Waals surface area contributed by atoms with Crippen LogP contribution in [0.1, 0.15) is 29.5 Å². The molecule has 0 saturated carbocycles. The van der Waals surface area contributed by atoms with Crippen molar-refractivity contribution in [3.8, 4) is 0 Å². The Labute approximate surface area is 136 Å². The first-order valence-corrected chi connectivity index (χ1v) is 8.42. The highest BCUT2D eigenvalue weighted by Gasteiger charge is 2.06. The Morgan fingerprint density at radius 2 is 1.73 bits per heavy atom. The van der Waals surface area contributed by atoms with Gasteiger partial charge in [-0.1, -0.05) is 43.5 Å². The lowest BCUT2D eigenvalue weighted by molar-refractivity contribution is 1.09. The maximum atomic E-state index is 4.27. The number of benzene rings is 2. The highest BCUT2D eigenvalue weighted by atomic mass is 32.1. The van der Waals surface area contributed by atoms with Gasteiger partial charge >= 0.3 is 0 Å². The van der Waals surface area contributed by atoms with E-state index < -0.39 is 0 Å². The summed E-state index contributed by atoms with van der Waals surface area (Å²) in [6, 6.07) is 17.2. The van der Waals surface area contributed by atoms with Gasteiger partial charge in [0.25, 0.3) is 0 Å². The van der Waals surface area contributed by atoms with Crippen molar-refractivity contribution in [2.75, 3.05) is 0 Å². The Hall–Kier alpha value is -2.12. The molecule has 0 aliphatic heterocycles. The highest BCUT2D eigenvalue weighted by molar-refractivity contribution is 7.17. The van der Waals surface area contributed by atoms with Crippen molar-refractivity contribution >= 4 is 32.6 Å². The van der Waals surface area contributed by atoms with Gasteiger partial charge in [-0.05, 0) is 76.6 Å². The molecule has 0 aliphatic carbocycles. The number of hydrogen-bond donors (Lipinski definition) is 0. The van der Waals surface area contributed by atoms with E-state index in [0.29, 0.717) is 0 Å². The predicted molar refractivity (Wildman–Crippen MR) is 100 cm³/mol. The summed E-state index contributed by atoms with van der Waals surface area (Å²) in [6.45, 7) is 10.7. The largest absolute Gasteiger partial charge is 0.144 e. The maximum Gasteiger partial charge on any atom is 0.0343 e. The normalized spacial score (nSPS) is 10.8. The molecule has 0 spiro atoms. The Morgan fingerprint density at radius 3 is 2.55 bits per heavy atom. The topological polar surface area (TPSA) is 0 Å². The SMILES string of the molecule is C=C(CCC(=C)c1ccccc1C)c1ccc2sccc2c1. The summed E-state index contributed by atoms with van der Waals surface area (Å²) in [5.41, 5.74) is 6.17. The van der Waals surface area contributed by atoms with E-state index in [1.165, 1.54) is 37.9 Å². The zero-order valence-electron chi connectivity index (χ0n) is 12.9. The molecular weight excluding hydrogens is 284 g/mol. The predicted octanol–water partition coefficient (Wildman–Crippen LogP) is 6.72. The van der Waals surface area contributed by atoms with Crippen LogP contribution in [0.15, 0.2) is 67.1 Å². The first-order valence-electron chi connectivity index (χ1n) is 7.54. The second-order valence-corrected chi connectivity index (χ2v) is 6.64. The zero-order valence-corrected chi connectivity index (χ0v) is 13.7. The van der Waals surface area contributed by atoms with Crippen molar-refractivity contribution in [3.63, 3.8) is 0 Å². The van der Waals surface area contributed by atoms with Crippen LogP contribution >= 0.6 is 11.3 Å². The quantitative estimate of drug-likeness (QED) is 0.491. The molecule has 1 heteroatoms. The Balaban J connectivity index is 1.69. The fraction of sp³-hybridized carbons (Fsp3) is 0.143. The molecule has 0 N–H and O–H groups in total. The molecule has 22 heavy (non-hydrogen) atoms. The van der Waals surface area contributed by atoms with Gasteiger partial charge in [0.15, 0.2) is 0 Å². The van der Waals surface area contributed by atoms with Crippen LogP contribution in [0.5, 0.6) is 0 Å². The van der Waals surface area contributed by atoms with Crippen LogP contribution in [0.4, 0.5) is 0 Å². The van der Waals surface area contributed by atoms with E-state index in [1.54, 1.807) is 11.3 Å². The van der Waals surface area contributed by atoms with E-state index in [2.05, 4.69) is 74.0 Å². The molecule has 0 fully saturated rings. The summed E-state index contributed by atoms with van der Waals surface area (Å²) >= 11 is 1.78. The van der Waals surface area contributed by atoms with E-state index in [1.807, 2.05) is 0 Å². The van der Waals surface area contributed by atoms with Crippen molar-refractivity contribution in [2.24, 2.45) is 0 Å². The lowest BCUT2D eigenvalue weighted by atomic mass is 9.94. The summed E-state index contributed by atoms with van der Waals surface area (Å²) in [4.78, 5) is 0. The van der Waals surface area contributed by atoms with Gasteiger partial charge in [-0.3, -0.25) is 0 Å². The summed E-state index contributed by atoms with van der Waals surface area (Å²) in [5, 5.41) is 3.44. The van der Waals surface area contributed by atoms with Gasteiger partial charge in [0.1, 0.15) is 0 Å². The van der Waals surface area contributed by atoms with Crippen LogP contribution in [-0.2, 0) is 0 Å². The smallest absolute Gasteiger partial charge is 0.0343 e. The highest BCUT2D eigenvalue weighted by Crippen LogP contribution is 2.29. The van der Waals surface area contributed by atoms with Crippen molar-refractivity contribution in [1.29, 1.82) is 0 Å². The average molecular weight is 304 g/mol. The third kappa shape index (κ3) is 3.05.